The number of hydrogen-bond acceptors (Lipinski definition) is 4. The zero-order valence-corrected chi connectivity index (χ0v) is 12.9. The molecule has 1 atom stereocenters. The molecule has 0 aromatic carbocycles. The molecule has 1 aliphatic heterocycles. The Morgan fingerprint density at radius 3 is 2.55 bits per heavy atom. The molecule has 8 heteroatoms. The molecule has 0 bridgehead atoms. The number of aliphatic hydroxyl groups is 1. The topological polar surface area (TPSA) is 106 Å². The Bertz CT molecular complexity index is 696. The van der Waals surface area contributed by atoms with Crippen LogP contribution in [0, 0.1) is 0 Å². The average molecular weight is 328 g/mol. The van der Waals surface area contributed by atoms with Crippen LogP contribution in [-0.2, 0) is 5.54 Å². The number of likely N-dealkylation sites (N-methyl/N-ethyl adjacent to an activating group) is 1. The van der Waals surface area contributed by atoms with E-state index in [0.29, 0.717) is 0 Å². The molecule has 0 saturated heterocycles. The molecule has 7 nitrogen and oxygen atoms in total. The lowest BCUT2D eigenvalue weighted by atomic mass is 9.69. The van der Waals surface area contributed by atoms with Crippen LogP contribution < -0.4 is 11.2 Å². The second-order valence-electron chi connectivity index (χ2n) is 5.74. The normalized spacial score (nSPS) is 21.8. The summed E-state index contributed by atoms with van der Waals surface area (Å²) in [5.41, 5.74) is 4.35. The maximum Gasteiger partial charge on any atom is 0.270 e. The van der Waals surface area contributed by atoms with Crippen LogP contribution in [0.4, 0.5) is 0 Å². The van der Waals surface area contributed by atoms with Gasteiger partial charge in [0.2, 0.25) is 0 Å². The van der Waals surface area contributed by atoms with Gasteiger partial charge in [0.05, 0.1) is 18.2 Å². The van der Waals surface area contributed by atoms with E-state index in [2.05, 4.69) is 0 Å². The van der Waals surface area contributed by atoms with Crippen molar-refractivity contribution < 1.29 is 14.7 Å². The molecule has 1 saturated carbocycles. The summed E-state index contributed by atoms with van der Waals surface area (Å²) in [6, 6.07) is 0.807. The monoisotopic (exact) mass is 327 g/mol. The minimum atomic E-state index is -0.809. The van der Waals surface area contributed by atoms with Crippen molar-refractivity contribution in [3.8, 4) is 0 Å². The molecule has 1 unspecified atom stereocenters. The van der Waals surface area contributed by atoms with Gasteiger partial charge in [-0.25, -0.2) is 0 Å². The SMILES string of the molecule is CN1C(=O)c2cc(=O)c(C(N)=O)cn2C2(CCC2)C1CO.Cl. The minimum absolute atomic E-state index is 0. The van der Waals surface area contributed by atoms with Crippen molar-refractivity contribution in [2.24, 2.45) is 5.73 Å². The summed E-state index contributed by atoms with van der Waals surface area (Å²) >= 11 is 0. The lowest BCUT2D eigenvalue weighted by molar-refractivity contribution is -0.0219. The van der Waals surface area contributed by atoms with Gasteiger partial charge >= 0.3 is 0 Å². The smallest absolute Gasteiger partial charge is 0.270 e. The summed E-state index contributed by atoms with van der Waals surface area (Å²) in [6.07, 6.45) is 3.91. The van der Waals surface area contributed by atoms with Crippen molar-refractivity contribution in [2.45, 2.75) is 30.8 Å². The fourth-order valence-electron chi connectivity index (χ4n) is 3.50. The third kappa shape index (κ3) is 1.96. The summed E-state index contributed by atoms with van der Waals surface area (Å²) in [7, 11) is 1.62. The standard InChI is InChI=1S/C14H17N3O4.ClH/c1-16-11(7-18)14(3-2-4-14)17-6-8(12(15)20)10(19)5-9(17)13(16)21;/h5-6,11,18H,2-4,7H2,1H3,(H2,15,20);1H. The van der Waals surface area contributed by atoms with Gasteiger partial charge in [0, 0.05) is 19.3 Å². The number of fused-ring (bicyclic) bond motifs is 2. The highest BCUT2D eigenvalue weighted by atomic mass is 35.5. The van der Waals surface area contributed by atoms with Gasteiger partial charge in [0.25, 0.3) is 11.8 Å². The van der Waals surface area contributed by atoms with Gasteiger partial charge in [0.1, 0.15) is 11.3 Å². The number of pyridine rings is 1. The van der Waals surface area contributed by atoms with Crippen LogP contribution in [0.1, 0.15) is 40.1 Å². The summed E-state index contributed by atoms with van der Waals surface area (Å²) in [6.45, 7) is -0.167. The number of carbonyl (C=O) groups is 2. The zero-order chi connectivity index (χ0) is 15.4. The van der Waals surface area contributed by atoms with Crippen molar-refractivity contribution >= 4 is 24.2 Å². The van der Waals surface area contributed by atoms with Crippen LogP contribution in [0.2, 0.25) is 0 Å². The molecule has 1 aliphatic carbocycles. The van der Waals surface area contributed by atoms with Gasteiger partial charge in [-0.05, 0) is 19.3 Å². The van der Waals surface area contributed by atoms with E-state index >= 15 is 0 Å². The molecule has 1 fully saturated rings. The molecular formula is C14H18ClN3O4. The van der Waals surface area contributed by atoms with Gasteiger partial charge < -0.3 is 20.3 Å². The van der Waals surface area contributed by atoms with E-state index in [0.717, 1.165) is 19.3 Å². The maximum atomic E-state index is 12.4. The molecular weight excluding hydrogens is 310 g/mol. The van der Waals surface area contributed by atoms with Crippen molar-refractivity contribution in [2.75, 3.05) is 13.7 Å². The first-order valence-corrected chi connectivity index (χ1v) is 6.87. The molecule has 3 rings (SSSR count). The van der Waals surface area contributed by atoms with Gasteiger partial charge in [0.15, 0.2) is 5.43 Å². The highest BCUT2D eigenvalue weighted by Gasteiger charge is 2.52. The molecule has 3 N–H and O–H groups in total. The van der Waals surface area contributed by atoms with Crippen LogP contribution in [0.5, 0.6) is 0 Å². The Kier molecular flexibility index (Phi) is 4.06. The molecule has 2 heterocycles. The number of carbonyl (C=O) groups excluding carboxylic acids is 2. The van der Waals surface area contributed by atoms with Crippen molar-refractivity contribution in [3.63, 3.8) is 0 Å². The van der Waals surface area contributed by atoms with Crippen LogP contribution >= 0.6 is 12.4 Å². The first kappa shape index (κ1) is 16.5. The zero-order valence-electron chi connectivity index (χ0n) is 12.1. The highest BCUT2D eigenvalue weighted by Crippen LogP contribution is 2.46. The maximum absolute atomic E-state index is 12.4. The Morgan fingerprint density at radius 1 is 1.45 bits per heavy atom. The second-order valence-corrected chi connectivity index (χ2v) is 5.74. The van der Waals surface area contributed by atoms with E-state index in [1.165, 1.54) is 17.2 Å². The summed E-state index contributed by atoms with van der Waals surface area (Å²) in [5, 5.41) is 9.68. The Labute approximate surface area is 133 Å². The Balaban J connectivity index is 0.00000176. The number of rotatable bonds is 2. The third-order valence-corrected chi connectivity index (χ3v) is 4.82. The lowest BCUT2D eigenvalue weighted by Gasteiger charge is -2.55. The van der Waals surface area contributed by atoms with Crippen molar-refractivity contribution in [3.05, 3.63) is 33.7 Å². The average Bonchev–Trinajstić information content (AvgIpc) is 2.40. The number of nitrogens with zero attached hydrogens (tertiary/aromatic N) is 2. The molecule has 2 aliphatic rings. The first-order valence-electron chi connectivity index (χ1n) is 6.87. The van der Waals surface area contributed by atoms with Crippen molar-refractivity contribution in [1.82, 2.24) is 9.47 Å². The number of nitrogens with two attached hydrogens (primary N) is 1. The second kappa shape index (κ2) is 5.40. The predicted molar refractivity (Wildman–Crippen MR) is 81.3 cm³/mol. The van der Waals surface area contributed by atoms with Crippen LogP contribution in [-0.4, -0.2) is 46.1 Å². The van der Waals surface area contributed by atoms with Gasteiger partial charge in [-0.15, -0.1) is 12.4 Å². The first-order chi connectivity index (χ1) is 9.92. The Hall–Kier alpha value is -1.86. The number of aromatic nitrogens is 1. The van der Waals surface area contributed by atoms with Crippen LogP contribution in [0.25, 0.3) is 0 Å². The van der Waals surface area contributed by atoms with E-state index in [1.807, 2.05) is 0 Å². The van der Waals surface area contributed by atoms with Gasteiger partial charge in [-0.2, -0.15) is 0 Å². The molecule has 0 radical (unpaired) electrons. The summed E-state index contributed by atoms with van der Waals surface area (Å²) in [5.74, 6) is -1.14. The van der Waals surface area contributed by atoms with Gasteiger partial charge in [-0.3, -0.25) is 14.4 Å². The molecule has 120 valence electrons. The predicted octanol–water partition coefficient (Wildman–Crippen LogP) is -0.305. The summed E-state index contributed by atoms with van der Waals surface area (Å²) < 4.78 is 1.68. The van der Waals surface area contributed by atoms with E-state index in [4.69, 9.17) is 5.73 Å². The number of aliphatic hydroxyl groups excluding tert-OH is 1. The van der Waals surface area contributed by atoms with E-state index in [-0.39, 0.29) is 42.2 Å². The van der Waals surface area contributed by atoms with Crippen LogP contribution in [0.15, 0.2) is 17.1 Å². The molecule has 1 spiro atoms. The molecule has 22 heavy (non-hydrogen) atoms. The van der Waals surface area contributed by atoms with E-state index < -0.39 is 16.9 Å². The number of halogens is 1. The fourth-order valence-corrected chi connectivity index (χ4v) is 3.50. The molecule has 1 aromatic heterocycles. The minimum Gasteiger partial charge on any atom is -0.394 e. The number of hydrogen-bond donors (Lipinski definition) is 2. The molecule has 2 amide bonds. The quantitative estimate of drug-likeness (QED) is 0.777. The van der Waals surface area contributed by atoms with Gasteiger partial charge in [-0.1, -0.05) is 0 Å². The van der Waals surface area contributed by atoms with Crippen LogP contribution in [0.3, 0.4) is 0 Å². The molecule has 1 aromatic rings. The number of amides is 2. The third-order valence-electron chi connectivity index (χ3n) is 4.82. The largest absolute Gasteiger partial charge is 0.394 e. The van der Waals surface area contributed by atoms with Crippen molar-refractivity contribution in [1.29, 1.82) is 0 Å². The van der Waals surface area contributed by atoms with E-state index in [9.17, 15) is 19.5 Å². The van der Waals surface area contributed by atoms with E-state index in [1.54, 1.807) is 11.6 Å². The lowest BCUT2D eigenvalue weighted by Crippen LogP contribution is -2.64. The summed E-state index contributed by atoms with van der Waals surface area (Å²) in [4.78, 5) is 37.2. The Morgan fingerprint density at radius 2 is 2.09 bits per heavy atom. The highest BCUT2D eigenvalue weighted by molar-refractivity contribution is 5.96. The fraction of sp³-hybridized carbons (Fsp3) is 0.500. The number of primary amides is 1.